The lowest BCUT2D eigenvalue weighted by molar-refractivity contribution is -0.0456. The Balaban J connectivity index is 0.000000200. The van der Waals surface area contributed by atoms with E-state index in [0.717, 1.165) is 122 Å². The summed E-state index contributed by atoms with van der Waals surface area (Å²) in [6, 6.07) is 12.2. The first-order valence-corrected chi connectivity index (χ1v) is 37.3. The Bertz CT molecular complexity index is 3120. The molecular formula is C61H93N15O5Si2. The summed E-state index contributed by atoms with van der Waals surface area (Å²) in [6.45, 7) is 28.9. The summed E-state index contributed by atoms with van der Waals surface area (Å²) in [4.78, 5) is 37.5. The van der Waals surface area contributed by atoms with Gasteiger partial charge in [-0.2, -0.15) is 20.7 Å². The maximum atomic E-state index is 12.5. The summed E-state index contributed by atoms with van der Waals surface area (Å²) in [5, 5.41) is 30.7. The topological polar surface area (TPSA) is 208 Å². The van der Waals surface area contributed by atoms with Gasteiger partial charge in [0.1, 0.15) is 54.1 Å². The number of hydrogen-bond acceptors (Lipinski definition) is 15. The molecule has 4 saturated heterocycles. The molecule has 5 fully saturated rings. The quantitative estimate of drug-likeness (QED) is 0.0579. The molecule has 0 aromatic carbocycles. The first-order chi connectivity index (χ1) is 39.3. The third-order valence-corrected chi connectivity index (χ3v) is 20.0. The summed E-state index contributed by atoms with van der Waals surface area (Å²) in [6.07, 6.45) is 26.6. The summed E-state index contributed by atoms with van der Waals surface area (Å²) in [5.41, 5.74) is 4.15. The Labute approximate surface area is 494 Å². The molecule has 450 valence electrons. The molecule has 6 aromatic rings. The first-order valence-electron chi connectivity index (χ1n) is 29.9. The lowest BCUT2D eigenvalue weighted by Gasteiger charge is -2.53. The fourth-order valence-electron chi connectivity index (χ4n) is 11.8. The van der Waals surface area contributed by atoms with Gasteiger partial charge in [-0.05, 0) is 83.5 Å². The number of carbonyl (C=O) groups is 1. The van der Waals surface area contributed by atoms with Crippen LogP contribution >= 0.6 is 0 Å². The number of likely N-dealkylation sites (tertiary alicyclic amines) is 3. The zero-order valence-electron chi connectivity index (χ0n) is 50.4. The van der Waals surface area contributed by atoms with E-state index in [2.05, 4.69) is 93.4 Å². The van der Waals surface area contributed by atoms with Crippen LogP contribution in [0.15, 0.2) is 62.0 Å². The van der Waals surface area contributed by atoms with Crippen molar-refractivity contribution in [3.05, 3.63) is 62.0 Å². The average molecular weight is 1170 g/mol. The maximum absolute atomic E-state index is 12.5. The summed E-state index contributed by atoms with van der Waals surface area (Å²) in [7, 11) is -2.25. The fourth-order valence-corrected chi connectivity index (χ4v) is 13.3. The fraction of sp³-hybridized carbons (Fsp3) is 0.656. The van der Waals surface area contributed by atoms with Gasteiger partial charge in [-0.3, -0.25) is 19.2 Å². The molecule has 0 spiro atoms. The Hall–Kier alpha value is -5.86. The smallest absolute Gasteiger partial charge is 0.410 e. The average Bonchev–Trinajstić information content (AvgIpc) is 2.50. The monoisotopic (exact) mass is 1170 g/mol. The molecule has 0 N–H and O–H groups in total. The molecular weight excluding hydrogens is 1080 g/mol. The van der Waals surface area contributed by atoms with Crippen molar-refractivity contribution in [2.24, 2.45) is 0 Å². The molecule has 4 aliphatic heterocycles. The molecule has 0 atom stereocenters. The van der Waals surface area contributed by atoms with Crippen molar-refractivity contribution in [3.63, 3.8) is 0 Å². The van der Waals surface area contributed by atoms with Crippen LogP contribution in [0.5, 0.6) is 0 Å². The normalized spacial score (nSPS) is 18.7. The van der Waals surface area contributed by atoms with Gasteiger partial charge in [0.15, 0.2) is 0 Å². The third-order valence-electron chi connectivity index (χ3n) is 16.6. The highest BCUT2D eigenvalue weighted by molar-refractivity contribution is 6.76. The minimum atomic E-state index is -1.14. The highest BCUT2D eigenvalue weighted by Gasteiger charge is 2.49. The minimum Gasteiger partial charge on any atom is -0.444 e. The van der Waals surface area contributed by atoms with Gasteiger partial charge in [-0.15, -0.1) is 0 Å². The summed E-state index contributed by atoms with van der Waals surface area (Å²) in [5.74, 6) is 0. The van der Waals surface area contributed by atoms with Gasteiger partial charge >= 0.3 is 6.09 Å². The second-order valence-electron chi connectivity index (χ2n) is 26.8. The van der Waals surface area contributed by atoms with Crippen LogP contribution in [0.4, 0.5) is 4.79 Å². The molecule has 0 unspecified atom stereocenters. The molecule has 6 aromatic heterocycles. The number of amides is 1. The number of rotatable bonds is 18. The zero-order chi connectivity index (χ0) is 58.1. The van der Waals surface area contributed by atoms with Gasteiger partial charge in [0, 0.05) is 141 Å². The molecule has 11 rings (SSSR count). The van der Waals surface area contributed by atoms with Crippen LogP contribution < -0.4 is 0 Å². The highest BCUT2D eigenvalue weighted by Crippen LogP contribution is 2.40. The molecule has 1 saturated carbocycles. The van der Waals surface area contributed by atoms with Gasteiger partial charge in [-0.25, -0.2) is 24.7 Å². The number of fused-ring (bicyclic) bond motifs is 2. The molecule has 22 heteroatoms. The number of ether oxygens (including phenoxy) is 4. The predicted molar refractivity (Wildman–Crippen MR) is 330 cm³/mol. The summed E-state index contributed by atoms with van der Waals surface area (Å²) < 4.78 is 30.4. The van der Waals surface area contributed by atoms with Gasteiger partial charge in [-0.1, -0.05) is 66.0 Å². The Morgan fingerprint density at radius 2 is 1.11 bits per heavy atom. The van der Waals surface area contributed by atoms with Crippen molar-refractivity contribution in [2.75, 3.05) is 65.7 Å². The molecule has 10 heterocycles. The van der Waals surface area contributed by atoms with Gasteiger partial charge < -0.3 is 33.0 Å². The molecule has 0 radical (unpaired) electrons. The van der Waals surface area contributed by atoms with Gasteiger partial charge in [0.2, 0.25) is 0 Å². The first kappa shape index (κ1) is 63.2. The zero-order valence-corrected chi connectivity index (χ0v) is 52.4. The Morgan fingerprint density at radius 1 is 0.663 bits per heavy atom. The van der Waals surface area contributed by atoms with Crippen LogP contribution in [0, 0.1) is 22.7 Å². The second-order valence-corrected chi connectivity index (χ2v) is 38.0. The maximum Gasteiger partial charge on any atom is 0.410 e. The van der Waals surface area contributed by atoms with E-state index in [0.29, 0.717) is 51.5 Å². The van der Waals surface area contributed by atoms with Crippen molar-refractivity contribution in [1.29, 1.82) is 10.5 Å². The Kier molecular flexibility index (Phi) is 20.9. The van der Waals surface area contributed by atoms with Crippen molar-refractivity contribution in [3.8, 4) is 34.7 Å². The Morgan fingerprint density at radius 3 is 1.51 bits per heavy atom. The lowest BCUT2D eigenvalue weighted by Crippen LogP contribution is -2.66. The van der Waals surface area contributed by atoms with Crippen molar-refractivity contribution in [1.82, 2.24) is 63.3 Å². The SMILES string of the molecule is C.C1CCOC1.CC(C)(C)OC(=O)N1CCC(N2CC(CC#N)(n3cc(-c4ncnc5c4ccn5COCC[Si](C)(C)C)cn3)C2)CC1.C[Si](C)(C)CCOCn1ccc2c(-c3cnn(C4(CC#N)CN(C5CCCCC5)C4)c3)ncnc21. The number of hydrogen-bond donors (Lipinski definition) is 0. The van der Waals surface area contributed by atoms with E-state index in [4.69, 9.17) is 29.1 Å². The van der Waals surface area contributed by atoms with E-state index in [9.17, 15) is 15.3 Å². The number of nitriles is 2. The van der Waals surface area contributed by atoms with Crippen molar-refractivity contribution >= 4 is 44.3 Å². The van der Waals surface area contributed by atoms with E-state index in [1.807, 2.05) is 76.3 Å². The lowest BCUT2D eigenvalue weighted by atomic mass is 9.82. The molecule has 1 amide bonds. The van der Waals surface area contributed by atoms with Crippen LogP contribution in [0.1, 0.15) is 98.8 Å². The predicted octanol–water partition coefficient (Wildman–Crippen LogP) is 11.2. The van der Waals surface area contributed by atoms with Crippen molar-refractivity contribution < 1.29 is 23.7 Å². The van der Waals surface area contributed by atoms with Crippen molar-refractivity contribution in [2.45, 2.75) is 192 Å². The molecule has 5 aliphatic rings. The van der Waals surface area contributed by atoms with Gasteiger partial charge in [0.05, 0.1) is 48.8 Å². The van der Waals surface area contributed by atoms with Crippen LogP contribution in [0.2, 0.25) is 51.4 Å². The number of nitrogens with zero attached hydrogens (tertiary/aromatic N) is 15. The van der Waals surface area contributed by atoms with Crippen LogP contribution in [0.25, 0.3) is 44.6 Å². The third kappa shape index (κ3) is 15.9. The molecule has 20 nitrogen and oxygen atoms in total. The van der Waals surface area contributed by atoms with Gasteiger partial charge in [0.25, 0.3) is 0 Å². The molecule has 0 bridgehead atoms. The largest absolute Gasteiger partial charge is 0.444 e. The van der Waals surface area contributed by atoms with Crippen LogP contribution in [0.3, 0.4) is 0 Å². The number of piperidine rings is 1. The van der Waals surface area contributed by atoms with E-state index in [1.54, 1.807) is 17.6 Å². The molecule has 83 heavy (non-hydrogen) atoms. The number of aromatic nitrogens is 10. The van der Waals surface area contributed by atoms with E-state index < -0.39 is 21.7 Å². The van der Waals surface area contributed by atoms with E-state index in [-0.39, 0.29) is 24.6 Å². The van der Waals surface area contributed by atoms with E-state index in [1.165, 1.54) is 44.9 Å². The minimum absolute atomic E-state index is 0. The van der Waals surface area contributed by atoms with Crippen LogP contribution in [-0.4, -0.2) is 169 Å². The van der Waals surface area contributed by atoms with Crippen LogP contribution in [-0.2, 0) is 43.5 Å². The second kappa shape index (κ2) is 27.5. The molecule has 1 aliphatic carbocycles. The standard InChI is InChI=1S/C30H44N8O3Si.C26H37N7OSi.C4H8O.CH4/c1-29(2,3)41-28(39)35-12-7-24(8-13-35)37-19-30(20-37,10-11-31)38-18-23(17-34-38)26-25-9-14-36(27(25)33-21-32-26)22-40-15-16-42(4,5)6;1-35(2,3)14-13-34-20-31-12-9-23-24(28-19-29-25(23)31)21-15-30-33(16-21)26(10-11-27)17-32(18-26)22-7-5-4-6-8-22;1-2-4-5-3-1;/h9,14,17-18,21,24H,7-8,10,12-13,15-16,19-20,22H2,1-6H3;9,12,15-16,19,22H,4-8,10,13-14,17-18,20H2,1-3H3;1-4H2;1H4. The highest BCUT2D eigenvalue weighted by atomic mass is 28.3. The van der Waals surface area contributed by atoms with E-state index >= 15 is 0 Å². The summed E-state index contributed by atoms with van der Waals surface area (Å²) >= 11 is 0. The number of carbonyl (C=O) groups excluding carboxylic acids is 1.